The molecule has 1 aliphatic carbocycles. The number of hydrogen-bond acceptors (Lipinski definition) is 4. The Hall–Kier alpha value is -2.19. The van der Waals surface area contributed by atoms with Crippen molar-refractivity contribution < 1.29 is 13.2 Å². The average Bonchev–Trinajstić information content (AvgIpc) is 3.37. The molecular weight excluding hydrogens is 512 g/mol. The van der Waals surface area contributed by atoms with Crippen LogP contribution in [0.4, 0.5) is 0 Å². The molecule has 1 aliphatic heterocycles. The fraction of sp³-hybridized carbons (Fsp3) is 0.393. The number of aryl methyl sites for hydroxylation is 1. The van der Waals surface area contributed by atoms with Crippen molar-refractivity contribution in [3.05, 3.63) is 86.6 Å². The predicted octanol–water partition coefficient (Wildman–Crippen LogP) is 6.21. The van der Waals surface area contributed by atoms with E-state index in [1.165, 1.54) is 21.3 Å². The van der Waals surface area contributed by atoms with Crippen molar-refractivity contribution in [1.29, 1.82) is 0 Å². The molecule has 2 aliphatic rings. The van der Waals surface area contributed by atoms with Crippen LogP contribution >= 0.6 is 22.9 Å². The first-order valence-corrected chi connectivity index (χ1v) is 15.2. The van der Waals surface area contributed by atoms with Crippen LogP contribution in [0.5, 0.6) is 0 Å². The van der Waals surface area contributed by atoms with Gasteiger partial charge in [0.1, 0.15) is 0 Å². The molecule has 0 N–H and O–H groups in total. The molecule has 1 saturated carbocycles. The van der Waals surface area contributed by atoms with Gasteiger partial charge in [0.25, 0.3) is 0 Å². The lowest BCUT2D eigenvalue weighted by atomic mass is 9.90. The van der Waals surface area contributed by atoms with Gasteiger partial charge < -0.3 is 4.90 Å². The molecule has 8 heteroatoms. The Kier molecular flexibility index (Phi) is 7.54. The highest BCUT2D eigenvalue weighted by Gasteiger charge is 2.38. The number of hydrogen-bond donors (Lipinski definition) is 0. The second-order valence-electron chi connectivity index (χ2n) is 9.69. The standard InChI is InChI=1S/C28H31ClN2O3S2/c1-20-7-5-6-10-24(20)28-25-16-18-35-26(25)15-17-30(28)27(32)19-31(22-8-3-2-4-9-22)36(33,34)23-13-11-21(29)12-14-23/h5-7,10-14,16,18,22,28H,2-4,8-9,15,17,19H2,1H3. The van der Waals surface area contributed by atoms with Gasteiger partial charge in [0.15, 0.2) is 0 Å². The number of rotatable bonds is 6. The predicted molar refractivity (Wildman–Crippen MR) is 145 cm³/mol. The van der Waals surface area contributed by atoms with Gasteiger partial charge in [0, 0.05) is 22.5 Å². The second-order valence-corrected chi connectivity index (χ2v) is 13.0. The summed E-state index contributed by atoms with van der Waals surface area (Å²) in [5.41, 5.74) is 3.37. The largest absolute Gasteiger partial charge is 0.330 e. The van der Waals surface area contributed by atoms with Crippen molar-refractivity contribution in [3.63, 3.8) is 0 Å². The van der Waals surface area contributed by atoms with E-state index in [0.29, 0.717) is 11.6 Å². The minimum atomic E-state index is -3.86. The maximum atomic E-state index is 14.0. The summed E-state index contributed by atoms with van der Waals surface area (Å²) < 4.78 is 29.1. The van der Waals surface area contributed by atoms with E-state index in [4.69, 9.17) is 11.6 Å². The van der Waals surface area contributed by atoms with E-state index < -0.39 is 10.0 Å². The van der Waals surface area contributed by atoms with Crippen molar-refractivity contribution in [1.82, 2.24) is 9.21 Å². The fourth-order valence-corrected chi connectivity index (χ4v) is 8.22. The number of sulfonamides is 1. The molecule has 1 amide bonds. The van der Waals surface area contributed by atoms with E-state index in [-0.39, 0.29) is 29.4 Å². The molecule has 2 aromatic carbocycles. The molecule has 5 nitrogen and oxygen atoms in total. The summed E-state index contributed by atoms with van der Waals surface area (Å²) >= 11 is 7.75. The minimum absolute atomic E-state index is 0.150. The lowest BCUT2D eigenvalue weighted by molar-refractivity contribution is -0.134. The first-order valence-electron chi connectivity index (χ1n) is 12.5. The van der Waals surface area contributed by atoms with Crippen molar-refractivity contribution in [2.24, 2.45) is 0 Å². The zero-order valence-corrected chi connectivity index (χ0v) is 22.8. The van der Waals surface area contributed by atoms with Crippen molar-refractivity contribution in [2.45, 2.75) is 62.4 Å². The maximum absolute atomic E-state index is 14.0. The Morgan fingerprint density at radius 3 is 2.47 bits per heavy atom. The number of halogens is 1. The van der Waals surface area contributed by atoms with E-state index in [9.17, 15) is 13.2 Å². The van der Waals surface area contributed by atoms with E-state index in [1.807, 2.05) is 17.0 Å². The highest BCUT2D eigenvalue weighted by Crippen LogP contribution is 2.39. The lowest BCUT2D eigenvalue weighted by Crippen LogP contribution is -2.50. The number of carbonyl (C=O) groups excluding carboxylic acids is 1. The molecule has 0 bridgehead atoms. The summed E-state index contributed by atoms with van der Waals surface area (Å²) in [6, 6.07) is 16.1. The van der Waals surface area contributed by atoms with Gasteiger partial charge in [0.05, 0.1) is 17.5 Å². The summed E-state index contributed by atoms with van der Waals surface area (Å²) in [4.78, 5) is 17.4. The Labute approximate surface area is 222 Å². The van der Waals surface area contributed by atoms with Crippen LogP contribution in [0, 0.1) is 6.92 Å². The van der Waals surface area contributed by atoms with Crippen molar-refractivity contribution in [3.8, 4) is 0 Å². The Morgan fingerprint density at radius 1 is 1.03 bits per heavy atom. The highest BCUT2D eigenvalue weighted by molar-refractivity contribution is 7.89. The average molecular weight is 543 g/mol. The van der Waals surface area contributed by atoms with E-state index in [0.717, 1.165) is 55.2 Å². The Balaban J connectivity index is 1.50. The van der Waals surface area contributed by atoms with Crippen molar-refractivity contribution in [2.75, 3.05) is 13.1 Å². The van der Waals surface area contributed by atoms with E-state index in [2.05, 4.69) is 30.5 Å². The quantitative estimate of drug-likeness (QED) is 0.372. The lowest BCUT2D eigenvalue weighted by Gasteiger charge is -2.39. The summed E-state index contributed by atoms with van der Waals surface area (Å²) in [5.74, 6) is -0.150. The van der Waals surface area contributed by atoms with Crippen LogP contribution in [-0.2, 0) is 21.2 Å². The van der Waals surface area contributed by atoms with Crippen LogP contribution in [0.2, 0.25) is 5.02 Å². The van der Waals surface area contributed by atoms with Gasteiger partial charge in [-0.2, -0.15) is 4.31 Å². The van der Waals surface area contributed by atoms with E-state index >= 15 is 0 Å². The molecule has 36 heavy (non-hydrogen) atoms. The molecule has 5 rings (SSSR count). The van der Waals surface area contributed by atoms with Crippen molar-refractivity contribution >= 4 is 38.9 Å². The molecule has 0 radical (unpaired) electrons. The number of thiophene rings is 1. The summed E-state index contributed by atoms with van der Waals surface area (Å²) in [6.45, 7) is 2.49. The van der Waals surface area contributed by atoms with Crippen LogP contribution in [0.1, 0.15) is 59.7 Å². The topological polar surface area (TPSA) is 57.7 Å². The van der Waals surface area contributed by atoms with Gasteiger partial charge in [-0.15, -0.1) is 11.3 Å². The number of amides is 1. The number of carbonyl (C=O) groups is 1. The second kappa shape index (κ2) is 10.7. The van der Waals surface area contributed by atoms with Gasteiger partial charge in [-0.25, -0.2) is 8.42 Å². The molecular formula is C28H31ClN2O3S2. The molecule has 1 aromatic heterocycles. The van der Waals surface area contributed by atoms with Crippen LogP contribution < -0.4 is 0 Å². The third-order valence-corrected chi connectivity index (χ3v) is 10.6. The molecule has 2 heterocycles. The number of nitrogens with zero attached hydrogens (tertiary/aromatic N) is 2. The summed E-state index contributed by atoms with van der Waals surface area (Å²) in [5, 5.41) is 2.57. The smallest absolute Gasteiger partial charge is 0.243 e. The fourth-order valence-electron chi connectivity index (χ4n) is 5.56. The summed E-state index contributed by atoms with van der Waals surface area (Å²) in [7, 11) is -3.86. The Bertz CT molecular complexity index is 1330. The van der Waals surface area contributed by atoms with Gasteiger partial charge in [-0.05, 0) is 78.6 Å². The maximum Gasteiger partial charge on any atom is 0.243 e. The molecule has 1 fully saturated rings. The zero-order valence-electron chi connectivity index (χ0n) is 20.4. The molecule has 1 unspecified atom stereocenters. The first kappa shape index (κ1) is 25.5. The normalized spacial score (nSPS) is 18.9. The van der Waals surface area contributed by atoms with Gasteiger partial charge in [-0.3, -0.25) is 4.79 Å². The molecule has 3 aromatic rings. The Morgan fingerprint density at radius 2 is 1.75 bits per heavy atom. The van der Waals surface area contributed by atoms with Crippen LogP contribution in [0.25, 0.3) is 0 Å². The van der Waals surface area contributed by atoms with E-state index in [1.54, 1.807) is 23.5 Å². The molecule has 0 saturated heterocycles. The number of benzene rings is 2. The highest BCUT2D eigenvalue weighted by atomic mass is 35.5. The first-order chi connectivity index (χ1) is 17.4. The third-order valence-electron chi connectivity index (χ3n) is 7.46. The SMILES string of the molecule is Cc1ccccc1C1c2ccsc2CCN1C(=O)CN(C1CCCCC1)S(=O)(=O)c1ccc(Cl)cc1. The monoisotopic (exact) mass is 542 g/mol. The van der Waals surface area contributed by atoms with Gasteiger partial charge >= 0.3 is 0 Å². The molecule has 0 spiro atoms. The molecule has 190 valence electrons. The summed E-state index contributed by atoms with van der Waals surface area (Å²) in [6.07, 6.45) is 5.38. The van der Waals surface area contributed by atoms with Crippen LogP contribution in [0.15, 0.2) is 64.9 Å². The minimum Gasteiger partial charge on any atom is -0.330 e. The van der Waals surface area contributed by atoms with Gasteiger partial charge in [0.2, 0.25) is 15.9 Å². The van der Waals surface area contributed by atoms with Crippen LogP contribution in [0.3, 0.4) is 0 Å². The zero-order chi connectivity index (χ0) is 25.3. The number of fused-ring (bicyclic) bond motifs is 1. The molecule has 1 atom stereocenters. The van der Waals surface area contributed by atoms with Crippen LogP contribution in [-0.4, -0.2) is 42.7 Å². The van der Waals surface area contributed by atoms with Gasteiger partial charge in [-0.1, -0.05) is 55.1 Å². The third kappa shape index (κ3) is 4.99.